The lowest BCUT2D eigenvalue weighted by Crippen LogP contribution is -2.35. The van der Waals surface area contributed by atoms with Crippen molar-refractivity contribution in [2.75, 3.05) is 13.7 Å². The highest BCUT2D eigenvalue weighted by atomic mass is 79.9. The summed E-state index contributed by atoms with van der Waals surface area (Å²) in [5.74, 6) is -2.03. The average molecular weight is 450 g/mol. The normalized spacial score (nSPS) is 16.0. The molecule has 23 heavy (non-hydrogen) atoms. The number of phenols is 1. The molecular formula is C13H10Br2N2O6. The largest absolute Gasteiger partial charge is 0.503 e. The summed E-state index contributed by atoms with van der Waals surface area (Å²) >= 11 is 6.43. The third-order valence-corrected chi connectivity index (χ3v) is 5.11. The molecule has 1 aromatic rings. The number of hydrogen-bond donors (Lipinski definition) is 3. The number of ether oxygens (including phenoxy) is 1. The minimum absolute atomic E-state index is 0.0865. The topological polar surface area (TPSA) is 116 Å². The molecule has 3 N–H and O–H groups in total. The van der Waals surface area contributed by atoms with E-state index in [1.165, 1.54) is 19.3 Å². The number of carboxylic acids is 1. The minimum Gasteiger partial charge on any atom is -0.503 e. The number of carbonyl (C=O) groups is 3. The van der Waals surface area contributed by atoms with Crippen LogP contribution in [0.15, 0.2) is 20.7 Å². The highest BCUT2D eigenvalue weighted by Crippen LogP contribution is 2.42. The van der Waals surface area contributed by atoms with Crippen molar-refractivity contribution < 1.29 is 29.3 Å². The van der Waals surface area contributed by atoms with Crippen LogP contribution in [-0.2, 0) is 9.59 Å². The van der Waals surface area contributed by atoms with Gasteiger partial charge in [-0.1, -0.05) is 0 Å². The summed E-state index contributed by atoms with van der Waals surface area (Å²) in [7, 11) is 1.36. The third kappa shape index (κ3) is 3.32. The van der Waals surface area contributed by atoms with Crippen LogP contribution in [0.1, 0.15) is 5.56 Å². The lowest BCUT2D eigenvalue weighted by atomic mass is 10.1. The van der Waals surface area contributed by atoms with E-state index in [1.807, 2.05) is 0 Å². The molecule has 0 aromatic heterocycles. The highest BCUT2D eigenvalue weighted by Gasteiger charge is 2.35. The highest BCUT2D eigenvalue weighted by molar-refractivity contribution is 9.13. The van der Waals surface area contributed by atoms with Gasteiger partial charge < -0.3 is 20.3 Å². The summed E-state index contributed by atoms with van der Waals surface area (Å²) in [6.07, 6.45) is 1.35. The van der Waals surface area contributed by atoms with Crippen LogP contribution in [0.5, 0.6) is 11.5 Å². The van der Waals surface area contributed by atoms with E-state index in [-0.39, 0.29) is 17.2 Å². The Morgan fingerprint density at radius 1 is 1.39 bits per heavy atom. The number of rotatable bonds is 4. The number of amides is 3. The Kier molecular flexibility index (Phi) is 4.95. The molecule has 0 saturated carbocycles. The molecule has 0 bridgehead atoms. The summed E-state index contributed by atoms with van der Waals surface area (Å²) in [6.45, 7) is -0.730. The molecule has 2 rings (SSSR count). The number of hydrogen-bond acceptors (Lipinski definition) is 5. The molecule has 0 spiro atoms. The Morgan fingerprint density at radius 2 is 2.04 bits per heavy atom. The number of methoxy groups -OCH3 is 1. The van der Waals surface area contributed by atoms with Crippen molar-refractivity contribution >= 4 is 55.8 Å². The molecule has 1 aromatic carbocycles. The van der Waals surface area contributed by atoms with Gasteiger partial charge in [0.1, 0.15) is 12.2 Å². The first-order valence-corrected chi connectivity index (χ1v) is 7.66. The number of aromatic hydroxyl groups is 1. The van der Waals surface area contributed by atoms with Crippen LogP contribution in [0.2, 0.25) is 0 Å². The Hall–Kier alpha value is -2.07. The van der Waals surface area contributed by atoms with Crippen molar-refractivity contribution in [1.82, 2.24) is 10.2 Å². The molecule has 0 unspecified atom stereocenters. The summed E-state index contributed by atoms with van der Waals surface area (Å²) in [5.41, 5.74) is 0.351. The fourth-order valence-electron chi connectivity index (χ4n) is 1.88. The van der Waals surface area contributed by atoms with E-state index in [0.29, 0.717) is 19.4 Å². The third-order valence-electron chi connectivity index (χ3n) is 2.95. The maximum absolute atomic E-state index is 12.1. The van der Waals surface area contributed by atoms with Gasteiger partial charge in [0, 0.05) is 4.47 Å². The molecule has 1 saturated heterocycles. The van der Waals surface area contributed by atoms with Gasteiger partial charge in [-0.25, -0.2) is 9.69 Å². The SMILES string of the molecule is COc1cc(/C=C2/NC(=O)N(CC(=O)O)C2=O)c(Br)c(Br)c1O. The van der Waals surface area contributed by atoms with Crippen molar-refractivity contribution in [2.45, 2.75) is 0 Å². The van der Waals surface area contributed by atoms with E-state index >= 15 is 0 Å². The fraction of sp³-hybridized carbons (Fsp3) is 0.154. The van der Waals surface area contributed by atoms with E-state index in [0.717, 1.165) is 0 Å². The quantitative estimate of drug-likeness (QED) is 0.477. The van der Waals surface area contributed by atoms with Gasteiger partial charge in [-0.15, -0.1) is 0 Å². The van der Waals surface area contributed by atoms with Gasteiger partial charge in [-0.05, 0) is 49.6 Å². The summed E-state index contributed by atoms with van der Waals surface area (Å²) in [5, 5.41) is 20.9. The first-order valence-electron chi connectivity index (χ1n) is 6.07. The number of nitrogens with one attached hydrogen (secondary N) is 1. The number of carbonyl (C=O) groups excluding carboxylic acids is 2. The monoisotopic (exact) mass is 448 g/mol. The molecule has 10 heteroatoms. The second-order valence-corrected chi connectivity index (χ2v) is 6.00. The number of aliphatic carboxylic acids is 1. The predicted octanol–water partition coefficient (Wildman–Crippen LogP) is 1.90. The van der Waals surface area contributed by atoms with E-state index in [1.54, 1.807) is 0 Å². The summed E-state index contributed by atoms with van der Waals surface area (Å²) in [4.78, 5) is 35.0. The van der Waals surface area contributed by atoms with Crippen molar-refractivity contribution in [3.63, 3.8) is 0 Å². The van der Waals surface area contributed by atoms with Gasteiger partial charge in [-0.2, -0.15) is 0 Å². The Bertz CT molecular complexity index is 746. The molecule has 0 aliphatic carbocycles. The second-order valence-electron chi connectivity index (χ2n) is 4.42. The number of halogens is 2. The first kappa shape index (κ1) is 17.3. The molecule has 122 valence electrons. The van der Waals surface area contributed by atoms with Crippen molar-refractivity contribution in [3.05, 3.63) is 26.3 Å². The lowest BCUT2D eigenvalue weighted by molar-refractivity contribution is -0.140. The van der Waals surface area contributed by atoms with Crippen LogP contribution in [0.25, 0.3) is 6.08 Å². The molecule has 1 fully saturated rings. The molecular weight excluding hydrogens is 440 g/mol. The molecule has 0 radical (unpaired) electrons. The number of urea groups is 1. The summed E-state index contributed by atoms with van der Waals surface area (Å²) in [6, 6.07) is 0.640. The smallest absolute Gasteiger partial charge is 0.329 e. The van der Waals surface area contributed by atoms with E-state index in [4.69, 9.17) is 9.84 Å². The summed E-state index contributed by atoms with van der Waals surface area (Å²) < 4.78 is 5.76. The second kappa shape index (κ2) is 6.59. The molecule has 1 aliphatic heterocycles. The first-order chi connectivity index (χ1) is 10.8. The maximum Gasteiger partial charge on any atom is 0.329 e. The van der Waals surface area contributed by atoms with Crippen LogP contribution < -0.4 is 10.1 Å². The molecule has 0 atom stereocenters. The number of benzene rings is 1. The van der Waals surface area contributed by atoms with Crippen LogP contribution >= 0.6 is 31.9 Å². The Balaban J connectivity index is 2.44. The molecule has 3 amide bonds. The zero-order valence-corrected chi connectivity index (χ0v) is 14.8. The Labute approximate surface area is 147 Å². The van der Waals surface area contributed by atoms with Crippen LogP contribution in [0, 0.1) is 0 Å². The van der Waals surface area contributed by atoms with Gasteiger partial charge in [0.25, 0.3) is 5.91 Å². The maximum atomic E-state index is 12.1. The van der Waals surface area contributed by atoms with Gasteiger partial charge in [0.2, 0.25) is 0 Å². The zero-order chi connectivity index (χ0) is 17.3. The molecule has 1 aliphatic rings. The standard InChI is InChI=1S/C13H10Br2N2O6/c1-23-7-3-5(9(14)10(15)11(7)20)2-6-12(21)17(4-8(18)19)13(22)16-6/h2-3,20H,4H2,1H3,(H,16,22)(H,18,19)/b6-2+. The van der Waals surface area contributed by atoms with Gasteiger partial charge in [0.05, 0.1) is 11.6 Å². The van der Waals surface area contributed by atoms with E-state index in [9.17, 15) is 19.5 Å². The Morgan fingerprint density at radius 3 is 2.61 bits per heavy atom. The minimum atomic E-state index is -1.30. The molecule has 1 heterocycles. The van der Waals surface area contributed by atoms with Crippen LogP contribution in [0.3, 0.4) is 0 Å². The lowest BCUT2D eigenvalue weighted by Gasteiger charge is -2.10. The van der Waals surface area contributed by atoms with Crippen LogP contribution in [-0.4, -0.2) is 46.7 Å². The average Bonchev–Trinajstić information content (AvgIpc) is 2.75. The predicted molar refractivity (Wildman–Crippen MR) is 85.9 cm³/mol. The number of carboxylic acid groups (broad SMARTS) is 1. The fourth-order valence-corrected chi connectivity index (χ4v) is 2.72. The van der Waals surface area contributed by atoms with Gasteiger partial charge in [0.15, 0.2) is 11.5 Å². The number of imide groups is 1. The zero-order valence-electron chi connectivity index (χ0n) is 11.6. The van der Waals surface area contributed by atoms with Crippen LogP contribution in [0.4, 0.5) is 4.79 Å². The van der Waals surface area contributed by atoms with Crippen molar-refractivity contribution in [2.24, 2.45) is 0 Å². The van der Waals surface area contributed by atoms with E-state index in [2.05, 4.69) is 37.2 Å². The number of phenolic OH excluding ortho intramolecular Hbond substituents is 1. The van der Waals surface area contributed by atoms with E-state index < -0.39 is 24.5 Å². The molecule has 8 nitrogen and oxygen atoms in total. The van der Waals surface area contributed by atoms with Crippen molar-refractivity contribution in [1.29, 1.82) is 0 Å². The number of nitrogens with zero attached hydrogens (tertiary/aromatic N) is 1. The van der Waals surface area contributed by atoms with Crippen molar-refractivity contribution in [3.8, 4) is 11.5 Å². The van der Waals surface area contributed by atoms with Gasteiger partial charge >= 0.3 is 12.0 Å². The van der Waals surface area contributed by atoms with Gasteiger partial charge in [-0.3, -0.25) is 9.59 Å².